The standard InChI is InChI=1S/C7H10ClN/c1-2-6-3-4-7(8)9-5-6/h2,5,7,9H,1,3-4H2. The number of hydrogen-bond donors (Lipinski definition) is 1. The molecule has 9 heavy (non-hydrogen) atoms. The fraction of sp³-hybridized carbons (Fsp3) is 0.429. The number of hydrogen-bond acceptors (Lipinski definition) is 1. The number of nitrogens with one attached hydrogen (secondary N) is 1. The smallest absolute Gasteiger partial charge is 0.101 e. The van der Waals surface area contributed by atoms with Gasteiger partial charge in [0.2, 0.25) is 0 Å². The topological polar surface area (TPSA) is 12.0 Å². The molecule has 1 nitrogen and oxygen atoms in total. The molecule has 1 atom stereocenters. The molecule has 1 N–H and O–H groups in total. The van der Waals surface area contributed by atoms with E-state index in [1.54, 1.807) is 0 Å². The van der Waals surface area contributed by atoms with Crippen LogP contribution in [0.15, 0.2) is 24.4 Å². The molecule has 1 aliphatic rings. The summed E-state index contributed by atoms with van der Waals surface area (Å²) in [6.07, 6.45) is 5.83. The molecule has 50 valence electrons. The lowest BCUT2D eigenvalue weighted by atomic mass is 10.1. The van der Waals surface area contributed by atoms with Crippen molar-refractivity contribution in [1.82, 2.24) is 5.32 Å². The van der Waals surface area contributed by atoms with Gasteiger partial charge in [0, 0.05) is 6.20 Å². The van der Waals surface area contributed by atoms with Gasteiger partial charge in [-0.1, -0.05) is 24.3 Å². The van der Waals surface area contributed by atoms with Crippen LogP contribution < -0.4 is 5.32 Å². The maximum absolute atomic E-state index is 5.75. The molecule has 0 aromatic rings. The maximum Gasteiger partial charge on any atom is 0.101 e. The molecule has 0 aromatic carbocycles. The Morgan fingerprint density at radius 3 is 3.11 bits per heavy atom. The normalized spacial score (nSPS) is 26.3. The Labute approximate surface area is 60.4 Å². The lowest BCUT2D eigenvalue weighted by Crippen LogP contribution is -2.21. The zero-order chi connectivity index (χ0) is 6.69. The SMILES string of the molecule is C=CC1=CNC(Cl)CC1. The van der Waals surface area contributed by atoms with Crippen LogP contribution in [0.5, 0.6) is 0 Å². The Bertz CT molecular complexity index is 140. The van der Waals surface area contributed by atoms with Crippen molar-refractivity contribution in [3.63, 3.8) is 0 Å². The summed E-state index contributed by atoms with van der Waals surface area (Å²) in [5.41, 5.74) is 1.36. The third-order valence-corrected chi connectivity index (χ3v) is 1.74. The molecule has 1 unspecified atom stereocenters. The van der Waals surface area contributed by atoms with Crippen LogP contribution >= 0.6 is 11.6 Å². The maximum atomic E-state index is 5.75. The van der Waals surface area contributed by atoms with E-state index in [2.05, 4.69) is 11.9 Å². The predicted molar refractivity (Wildman–Crippen MR) is 40.3 cm³/mol. The van der Waals surface area contributed by atoms with Crippen molar-refractivity contribution >= 4 is 11.6 Å². The number of alkyl halides is 1. The Morgan fingerprint density at radius 1 is 1.89 bits per heavy atom. The van der Waals surface area contributed by atoms with Gasteiger partial charge in [-0.15, -0.1) is 0 Å². The Kier molecular flexibility index (Phi) is 2.17. The van der Waals surface area contributed by atoms with Crippen LogP contribution in [0.4, 0.5) is 0 Å². The summed E-state index contributed by atoms with van der Waals surface area (Å²) in [7, 11) is 0. The number of rotatable bonds is 1. The second-order valence-electron chi connectivity index (χ2n) is 2.10. The summed E-state index contributed by atoms with van der Waals surface area (Å²) < 4.78 is 0. The van der Waals surface area contributed by atoms with Crippen LogP contribution in [-0.4, -0.2) is 5.50 Å². The largest absolute Gasteiger partial charge is 0.375 e. The Hall–Kier alpha value is -0.430. The van der Waals surface area contributed by atoms with Gasteiger partial charge in [-0.3, -0.25) is 0 Å². The molecule has 0 saturated heterocycles. The summed E-state index contributed by atoms with van der Waals surface area (Å²) in [5.74, 6) is 0. The lowest BCUT2D eigenvalue weighted by Gasteiger charge is -2.16. The third-order valence-electron chi connectivity index (χ3n) is 1.40. The van der Waals surface area contributed by atoms with Gasteiger partial charge in [0.15, 0.2) is 0 Å². The summed E-state index contributed by atoms with van der Waals surface area (Å²) in [6, 6.07) is 0. The highest BCUT2D eigenvalue weighted by atomic mass is 35.5. The van der Waals surface area contributed by atoms with E-state index in [4.69, 9.17) is 11.6 Å². The van der Waals surface area contributed by atoms with Crippen LogP contribution in [-0.2, 0) is 0 Å². The first-order valence-electron chi connectivity index (χ1n) is 3.04. The van der Waals surface area contributed by atoms with Crippen LogP contribution in [0.1, 0.15) is 12.8 Å². The lowest BCUT2D eigenvalue weighted by molar-refractivity contribution is 0.656. The molecule has 1 aliphatic heterocycles. The summed E-state index contributed by atoms with van der Waals surface area (Å²) in [5, 5.41) is 3.02. The van der Waals surface area contributed by atoms with Gasteiger partial charge in [-0.2, -0.15) is 0 Å². The second kappa shape index (κ2) is 2.92. The molecule has 2 heteroatoms. The molecular formula is C7H10ClN. The fourth-order valence-electron chi connectivity index (χ4n) is 0.807. The van der Waals surface area contributed by atoms with E-state index >= 15 is 0 Å². The van der Waals surface area contributed by atoms with Crippen LogP contribution in [0.25, 0.3) is 0 Å². The summed E-state index contributed by atoms with van der Waals surface area (Å²) in [6.45, 7) is 3.66. The molecule has 0 aliphatic carbocycles. The average molecular weight is 144 g/mol. The van der Waals surface area contributed by atoms with Gasteiger partial charge < -0.3 is 5.32 Å². The van der Waals surface area contributed by atoms with E-state index in [-0.39, 0.29) is 5.50 Å². The molecule has 0 radical (unpaired) electrons. The Morgan fingerprint density at radius 2 is 2.67 bits per heavy atom. The van der Waals surface area contributed by atoms with Crippen molar-refractivity contribution in [2.24, 2.45) is 0 Å². The minimum Gasteiger partial charge on any atom is -0.375 e. The van der Waals surface area contributed by atoms with Crippen LogP contribution in [0.3, 0.4) is 0 Å². The van der Waals surface area contributed by atoms with Crippen molar-refractivity contribution in [3.8, 4) is 0 Å². The average Bonchev–Trinajstić information content (AvgIpc) is 1.90. The van der Waals surface area contributed by atoms with Crippen LogP contribution in [0.2, 0.25) is 0 Å². The number of halogens is 1. The van der Waals surface area contributed by atoms with E-state index in [1.807, 2.05) is 12.3 Å². The van der Waals surface area contributed by atoms with E-state index < -0.39 is 0 Å². The fourth-order valence-corrected chi connectivity index (χ4v) is 0.979. The van der Waals surface area contributed by atoms with E-state index in [0.717, 1.165) is 12.8 Å². The minimum atomic E-state index is 0.119. The van der Waals surface area contributed by atoms with Crippen molar-refractivity contribution in [2.75, 3.05) is 0 Å². The number of allylic oxidation sites excluding steroid dienone is 2. The molecule has 0 fully saturated rings. The van der Waals surface area contributed by atoms with Gasteiger partial charge in [0.05, 0.1) is 0 Å². The monoisotopic (exact) mass is 143 g/mol. The first-order valence-corrected chi connectivity index (χ1v) is 3.48. The first-order chi connectivity index (χ1) is 4.33. The second-order valence-corrected chi connectivity index (χ2v) is 2.62. The van der Waals surface area contributed by atoms with Gasteiger partial charge in [-0.25, -0.2) is 0 Å². The molecule has 0 bridgehead atoms. The first kappa shape index (κ1) is 6.69. The highest BCUT2D eigenvalue weighted by Crippen LogP contribution is 2.14. The quantitative estimate of drug-likeness (QED) is 0.438. The van der Waals surface area contributed by atoms with Gasteiger partial charge in [0.25, 0.3) is 0 Å². The zero-order valence-corrected chi connectivity index (χ0v) is 5.99. The highest BCUT2D eigenvalue weighted by Gasteiger charge is 2.07. The van der Waals surface area contributed by atoms with Crippen LogP contribution in [0, 0.1) is 0 Å². The van der Waals surface area contributed by atoms with E-state index in [9.17, 15) is 0 Å². The van der Waals surface area contributed by atoms with Crippen molar-refractivity contribution in [2.45, 2.75) is 18.3 Å². The van der Waals surface area contributed by atoms with Crippen molar-refractivity contribution in [1.29, 1.82) is 0 Å². The third kappa shape index (κ3) is 1.75. The van der Waals surface area contributed by atoms with Gasteiger partial charge >= 0.3 is 0 Å². The molecule has 1 heterocycles. The molecule has 0 amide bonds. The van der Waals surface area contributed by atoms with E-state index in [1.165, 1.54) is 5.57 Å². The van der Waals surface area contributed by atoms with Gasteiger partial charge in [0.1, 0.15) is 5.50 Å². The molecular weight excluding hydrogens is 134 g/mol. The molecule has 0 spiro atoms. The zero-order valence-electron chi connectivity index (χ0n) is 5.23. The van der Waals surface area contributed by atoms with Crippen molar-refractivity contribution in [3.05, 3.63) is 24.4 Å². The predicted octanol–water partition coefficient (Wildman–Crippen LogP) is 2.00. The minimum absolute atomic E-state index is 0.119. The highest BCUT2D eigenvalue weighted by molar-refractivity contribution is 6.20. The molecule has 1 rings (SSSR count). The summed E-state index contributed by atoms with van der Waals surface area (Å²) >= 11 is 5.75. The summed E-state index contributed by atoms with van der Waals surface area (Å²) in [4.78, 5) is 0. The molecule has 0 saturated carbocycles. The van der Waals surface area contributed by atoms with E-state index in [0.29, 0.717) is 0 Å². The van der Waals surface area contributed by atoms with Gasteiger partial charge in [-0.05, 0) is 18.4 Å². The Balaban J connectivity index is 2.49. The molecule has 0 aromatic heterocycles. The van der Waals surface area contributed by atoms with Crippen molar-refractivity contribution < 1.29 is 0 Å².